The SMILES string of the molecule is CCC(OC(CC)C(F)(F)C(F)(F)C(F)(F)C(F)(F)C(F)(F)C(F)(F)C(F)(C(F)(F)F)C(F)(F)F)C(F)(F)C(F)(F)C(F)(F)C(F)(F)C(F)(F)C(F)(F)C(F)(C(F)(F)F)C(F)(F)F. The van der Waals surface area contributed by atoms with Crippen molar-refractivity contribution >= 4 is 0 Å². The van der Waals surface area contributed by atoms with Crippen LogP contribution in [0.1, 0.15) is 26.7 Å². The van der Waals surface area contributed by atoms with E-state index in [4.69, 9.17) is 0 Å². The highest BCUT2D eigenvalue weighted by atomic mass is 19.5. The van der Waals surface area contributed by atoms with E-state index in [-0.39, 0.29) is 0 Å². The van der Waals surface area contributed by atoms with Crippen LogP contribution in [0.4, 0.5) is 167 Å². The van der Waals surface area contributed by atoms with Gasteiger partial charge in [-0.1, -0.05) is 13.8 Å². The van der Waals surface area contributed by atoms with E-state index in [9.17, 15) is 167 Å². The van der Waals surface area contributed by atoms with Crippen molar-refractivity contribution < 1.29 is 172 Å². The molecule has 0 aliphatic heterocycles. The first-order valence-corrected chi connectivity index (χ1v) is 14.5. The molecular formula is C24H12F38O. The predicted molar refractivity (Wildman–Crippen MR) is 121 cm³/mol. The molecule has 0 amide bonds. The van der Waals surface area contributed by atoms with Crippen molar-refractivity contribution in [3.8, 4) is 0 Å². The molecule has 2 unspecified atom stereocenters. The highest BCUT2D eigenvalue weighted by molar-refractivity contribution is 5.21. The normalized spacial score (nSPS) is 17.9. The molecule has 63 heavy (non-hydrogen) atoms. The van der Waals surface area contributed by atoms with Gasteiger partial charge in [0.1, 0.15) is 12.2 Å². The first-order chi connectivity index (χ1) is 26.6. The molecule has 0 saturated heterocycles. The zero-order valence-electron chi connectivity index (χ0n) is 28.3. The van der Waals surface area contributed by atoms with Gasteiger partial charge >= 0.3 is 107 Å². The van der Waals surface area contributed by atoms with E-state index in [1.54, 1.807) is 0 Å². The number of alkyl halides is 38. The minimum absolute atomic E-state index is 0.531. The summed E-state index contributed by atoms with van der Waals surface area (Å²) in [7, 11) is 0. The van der Waals surface area contributed by atoms with Crippen molar-refractivity contribution in [3.05, 3.63) is 0 Å². The van der Waals surface area contributed by atoms with Gasteiger partial charge in [0.2, 0.25) is 0 Å². The Labute approximate surface area is 319 Å². The Kier molecular flexibility index (Phi) is 14.8. The van der Waals surface area contributed by atoms with Gasteiger partial charge in [0.05, 0.1) is 0 Å². The van der Waals surface area contributed by atoms with E-state index >= 15 is 0 Å². The molecular weight excluding hydrogens is 1030 g/mol. The van der Waals surface area contributed by atoms with E-state index in [0.29, 0.717) is 0 Å². The van der Waals surface area contributed by atoms with Crippen LogP contribution in [0.2, 0.25) is 0 Å². The van der Waals surface area contributed by atoms with Crippen LogP contribution >= 0.6 is 0 Å². The molecule has 0 heterocycles. The Morgan fingerprint density at radius 3 is 0.524 bits per heavy atom. The summed E-state index contributed by atoms with van der Waals surface area (Å²) in [6.07, 6.45) is -51.8. The smallest absolute Gasteiger partial charge is 0.362 e. The van der Waals surface area contributed by atoms with Crippen LogP contribution in [0.25, 0.3) is 0 Å². The maximum Gasteiger partial charge on any atom is 0.438 e. The van der Waals surface area contributed by atoms with E-state index in [2.05, 4.69) is 4.74 Å². The molecule has 0 aromatic carbocycles. The van der Waals surface area contributed by atoms with Crippen LogP contribution < -0.4 is 0 Å². The van der Waals surface area contributed by atoms with Crippen molar-refractivity contribution in [2.24, 2.45) is 0 Å². The molecule has 0 aromatic heterocycles. The molecule has 380 valence electrons. The average molecular weight is 1040 g/mol. The second-order valence-corrected chi connectivity index (χ2v) is 12.2. The summed E-state index contributed by atoms with van der Waals surface area (Å²) in [6.45, 7) is -1.06. The van der Waals surface area contributed by atoms with Crippen molar-refractivity contribution in [1.82, 2.24) is 0 Å². The molecule has 0 aromatic rings. The first-order valence-electron chi connectivity index (χ1n) is 14.5. The van der Waals surface area contributed by atoms with Gasteiger partial charge in [-0.3, -0.25) is 0 Å². The van der Waals surface area contributed by atoms with Crippen LogP contribution in [-0.4, -0.2) is 119 Å². The number of hydrogen-bond donors (Lipinski definition) is 0. The maximum absolute atomic E-state index is 14.7. The quantitative estimate of drug-likeness (QED) is 0.124. The minimum Gasteiger partial charge on any atom is -0.362 e. The molecule has 0 radical (unpaired) electrons. The summed E-state index contributed by atoms with van der Waals surface area (Å²) in [5.74, 6) is -112. The Hall–Kier alpha value is -2.70. The third kappa shape index (κ3) is 7.48. The van der Waals surface area contributed by atoms with Crippen LogP contribution in [0.3, 0.4) is 0 Å². The molecule has 0 rings (SSSR count). The highest BCUT2D eigenvalue weighted by Crippen LogP contribution is 2.69. The van der Waals surface area contributed by atoms with E-state index < -0.39 is 146 Å². The Morgan fingerprint density at radius 2 is 0.381 bits per heavy atom. The summed E-state index contributed by atoms with van der Waals surface area (Å²) in [5, 5.41) is 0. The summed E-state index contributed by atoms with van der Waals surface area (Å²) in [5.41, 5.74) is -18.5. The number of halogens is 38. The lowest BCUT2D eigenvalue weighted by Gasteiger charge is -2.46. The summed E-state index contributed by atoms with van der Waals surface area (Å²) < 4.78 is 523. The average Bonchev–Trinajstić information content (AvgIpc) is 3.04. The van der Waals surface area contributed by atoms with Crippen molar-refractivity contribution in [1.29, 1.82) is 0 Å². The zero-order valence-corrected chi connectivity index (χ0v) is 28.3. The largest absolute Gasteiger partial charge is 0.438 e. The third-order valence-corrected chi connectivity index (χ3v) is 8.30. The van der Waals surface area contributed by atoms with Gasteiger partial charge in [0.15, 0.2) is 0 Å². The molecule has 0 N–H and O–H groups in total. The standard InChI is InChI=1S/C24H12F38O/c1-3-5(7(25,26)11(31,32)15(39,40)19(47,48)17(43,44)13(35,36)9(29,21(51,52)53)22(54,55)56)63-6(4-2)8(27,28)12(33,34)16(41,42)20(49,50)18(45,46)14(37,38)10(30,23(57,58)59)24(60,61)62/h5-6H,3-4H2,1-2H3. The number of rotatable bonds is 18. The van der Waals surface area contributed by atoms with Gasteiger partial charge in [-0.15, -0.1) is 0 Å². The molecule has 0 fully saturated rings. The van der Waals surface area contributed by atoms with Gasteiger partial charge in [-0.05, 0) is 12.8 Å². The molecule has 39 heteroatoms. The predicted octanol–water partition coefficient (Wildman–Crippen LogP) is 13.8. The first kappa shape index (κ1) is 60.3. The van der Waals surface area contributed by atoms with Gasteiger partial charge in [-0.25, -0.2) is 8.78 Å². The van der Waals surface area contributed by atoms with Gasteiger partial charge < -0.3 is 4.74 Å². The van der Waals surface area contributed by atoms with Crippen LogP contribution in [0.5, 0.6) is 0 Å². The topological polar surface area (TPSA) is 9.23 Å². The molecule has 1 nitrogen and oxygen atoms in total. The minimum atomic E-state index is -9.72. The molecule has 0 saturated carbocycles. The van der Waals surface area contributed by atoms with E-state index in [1.165, 1.54) is 0 Å². The third-order valence-electron chi connectivity index (χ3n) is 8.30. The Balaban J connectivity index is 7.73. The molecule has 0 aliphatic carbocycles. The molecule has 0 bridgehead atoms. The fraction of sp³-hybridized carbons (Fsp3) is 1.00. The highest BCUT2D eigenvalue weighted by Gasteiger charge is 3.00. The van der Waals surface area contributed by atoms with E-state index in [1.807, 2.05) is 0 Å². The van der Waals surface area contributed by atoms with Gasteiger partial charge in [0, 0.05) is 0 Å². The van der Waals surface area contributed by atoms with Gasteiger partial charge in [-0.2, -0.15) is 158 Å². The van der Waals surface area contributed by atoms with Crippen LogP contribution in [0, 0.1) is 0 Å². The lowest BCUT2D eigenvalue weighted by Crippen LogP contribution is -2.78. The van der Waals surface area contributed by atoms with Gasteiger partial charge in [0.25, 0.3) is 0 Å². The number of ether oxygens (including phenoxy) is 1. The van der Waals surface area contributed by atoms with Crippen molar-refractivity contribution in [2.45, 2.75) is 146 Å². The maximum atomic E-state index is 14.7. The molecule has 0 spiro atoms. The zero-order chi connectivity index (χ0) is 52.3. The fourth-order valence-corrected chi connectivity index (χ4v) is 4.55. The van der Waals surface area contributed by atoms with Crippen LogP contribution in [-0.2, 0) is 4.74 Å². The molecule has 2 atom stereocenters. The Bertz CT molecular complexity index is 1440. The van der Waals surface area contributed by atoms with E-state index in [0.717, 1.165) is 0 Å². The second kappa shape index (κ2) is 15.4. The second-order valence-electron chi connectivity index (χ2n) is 12.2. The summed E-state index contributed by atoms with van der Waals surface area (Å²) in [4.78, 5) is 0. The Morgan fingerprint density at radius 1 is 0.238 bits per heavy atom. The monoisotopic (exact) mass is 1040 g/mol. The molecule has 0 aliphatic rings. The lowest BCUT2D eigenvalue weighted by atomic mass is 9.82. The summed E-state index contributed by atoms with van der Waals surface area (Å²) in [6, 6.07) is 0. The van der Waals surface area contributed by atoms with Crippen molar-refractivity contribution in [3.63, 3.8) is 0 Å². The van der Waals surface area contributed by atoms with Crippen molar-refractivity contribution in [2.75, 3.05) is 0 Å². The summed E-state index contributed by atoms with van der Waals surface area (Å²) >= 11 is 0. The fourth-order valence-electron chi connectivity index (χ4n) is 4.55. The lowest BCUT2D eigenvalue weighted by molar-refractivity contribution is -0.477. The van der Waals surface area contributed by atoms with Crippen LogP contribution in [0.15, 0.2) is 0 Å². The number of hydrogen-bond acceptors (Lipinski definition) is 1.